The molecule has 0 aliphatic rings. The summed E-state index contributed by atoms with van der Waals surface area (Å²) in [6.45, 7) is 7.81. The Morgan fingerprint density at radius 1 is 1.17 bits per heavy atom. The molecule has 0 fully saturated rings. The second-order valence-corrected chi connectivity index (χ2v) is 6.53. The number of halogens is 2. The van der Waals surface area contributed by atoms with Gasteiger partial charge in [-0.15, -0.1) is 0 Å². The van der Waals surface area contributed by atoms with Crippen molar-refractivity contribution in [3.8, 4) is 0 Å². The molecular formula is C17H24Cl2N2O2. The average molecular weight is 359 g/mol. The average Bonchev–Trinajstić information content (AvgIpc) is 2.49. The summed E-state index contributed by atoms with van der Waals surface area (Å²) in [5.74, 6) is -0.203. The third kappa shape index (κ3) is 5.70. The number of benzene rings is 1. The molecular weight excluding hydrogens is 335 g/mol. The SMILES string of the molecule is CCC(=O)N(Cc1ccc(Cl)c(Cl)c1)[C@H](CC)C(=O)NC(C)C. The van der Waals surface area contributed by atoms with Crippen LogP contribution < -0.4 is 5.32 Å². The van der Waals surface area contributed by atoms with E-state index in [0.717, 1.165) is 5.56 Å². The Labute approximate surface area is 148 Å². The van der Waals surface area contributed by atoms with Crippen LogP contribution in [0.2, 0.25) is 10.0 Å². The minimum absolute atomic E-state index is 0.0279. The highest BCUT2D eigenvalue weighted by atomic mass is 35.5. The number of rotatable bonds is 7. The first-order chi connectivity index (χ1) is 10.8. The van der Waals surface area contributed by atoms with Gasteiger partial charge in [0.15, 0.2) is 0 Å². The highest BCUT2D eigenvalue weighted by Gasteiger charge is 2.28. The summed E-state index contributed by atoms with van der Waals surface area (Å²) in [5, 5.41) is 3.78. The maximum atomic E-state index is 12.4. The topological polar surface area (TPSA) is 49.4 Å². The van der Waals surface area contributed by atoms with Gasteiger partial charge in [-0.05, 0) is 38.0 Å². The molecule has 0 bridgehead atoms. The standard InChI is InChI=1S/C17H24Cl2N2O2/c1-5-15(17(23)20-11(3)4)21(16(22)6-2)10-12-7-8-13(18)14(19)9-12/h7-9,11,15H,5-6,10H2,1-4H3,(H,20,23)/t15-/m1/s1. The van der Waals surface area contributed by atoms with E-state index < -0.39 is 6.04 Å². The second-order valence-electron chi connectivity index (χ2n) is 5.71. The summed E-state index contributed by atoms with van der Waals surface area (Å²) >= 11 is 12.0. The molecule has 2 amide bonds. The van der Waals surface area contributed by atoms with Crippen LogP contribution in [0.4, 0.5) is 0 Å². The van der Waals surface area contributed by atoms with Crippen LogP contribution in [0.15, 0.2) is 18.2 Å². The van der Waals surface area contributed by atoms with E-state index in [1.54, 1.807) is 24.0 Å². The summed E-state index contributed by atoms with van der Waals surface area (Å²) in [6, 6.07) is 4.77. The number of carbonyl (C=O) groups is 2. The number of hydrogen-bond acceptors (Lipinski definition) is 2. The highest BCUT2D eigenvalue weighted by molar-refractivity contribution is 6.42. The summed E-state index contributed by atoms with van der Waals surface area (Å²) in [4.78, 5) is 26.4. The number of carbonyl (C=O) groups excluding carboxylic acids is 2. The molecule has 6 heteroatoms. The Hall–Kier alpha value is -1.26. The van der Waals surface area contributed by atoms with Crippen molar-refractivity contribution in [3.05, 3.63) is 33.8 Å². The van der Waals surface area contributed by atoms with Crippen molar-refractivity contribution in [2.24, 2.45) is 0 Å². The van der Waals surface area contributed by atoms with Crippen molar-refractivity contribution in [1.29, 1.82) is 0 Å². The predicted molar refractivity (Wildman–Crippen MR) is 94.7 cm³/mol. The van der Waals surface area contributed by atoms with E-state index >= 15 is 0 Å². The van der Waals surface area contributed by atoms with Gasteiger partial charge in [0.05, 0.1) is 10.0 Å². The van der Waals surface area contributed by atoms with Crippen molar-refractivity contribution >= 4 is 35.0 Å². The summed E-state index contributed by atoms with van der Waals surface area (Å²) in [6.07, 6.45) is 0.887. The lowest BCUT2D eigenvalue weighted by Crippen LogP contribution is -2.50. The Bertz CT molecular complexity index is 562. The summed E-state index contributed by atoms with van der Waals surface area (Å²) < 4.78 is 0. The number of nitrogens with zero attached hydrogens (tertiary/aromatic N) is 1. The Kier molecular flexibility index (Phi) is 7.86. The Morgan fingerprint density at radius 3 is 2.30 bits per heavy atom. The van der Waals surface area contributed by atoms with Crippen molar-refractivity contribution in [1.82, 2.24) is 10.2 Å². The van der Waals surface area contributed by atoms with E-state index in [4.69, 9.17) is 23.2 Å². The zero-order valence-corrected chi connectivity index (χ0v) is 15.5. The van der Waals surface area contributed by atoms with Crippen molar-refractivity contribution in [3.63, 3.8) is 0 Å². The first kappa shape index (κ1) is 19.8. The maximum absolute atomic E-state index is 12.4. The van der Waals surface area contributed by atoms with Gasteiger partial charge in [0.25, 0.3) is 0 Å². The van der Waals surface area contributed by atoms with E-state index in [1.165, 1.54) is 0 Å². The Morgan fingerprint density at radius 2 is 1.83 bits per heavy atom. The zero-order valence-electron chi connectivity index (χ0n) is 14.0. The minimum atomic E-state index is -0.501. The highest BCUT2D eigenvalue weighted by Crippen LogP contribution is 2.24. The molecule has 4 nitrogen and oxygen atoms in total. The van der Waals surface area contributed by atoms with Crippen LogP contribution in [0.3, 0.4) is 0 Å². The predicted octanol–water partition coefficient (Wildman–Crippen LogP) is 4.04. The number of hydrogen-bond donors (Lipinski definition) is 1. The zero-order chi connectivity index (χ0) is 17.6. The molecule has 0 spiro atoms. The molecule has 1 atom stereocenters. The fourth-order valence-electron chi connectivity index (χ4n) is 2.34. The molecule has 128 valence electrons. The second kappa shape index (κ2) is 9.14. The molecule has 0 saturated heterocycles. The molecule has 23 heavy (non-hydrogen) atoms. The van der Waals surface area contributed by atoms with Crippen LogP contribution >= 0.6 is 23.2 Å². The third-order valence-electron chi connectivity index (χ3n) is 3.46. The molecule has 0 heterocycles. The molecule has 0 radical (unpaired) electrons. The molecule has 1 rings (SSSR count). The van der Waals surface area contributed by atoms with E-state index in [9.17, 15) is 9.59 Å². The van der Waals surface area contributed by atoms with Gasteiger partial charge in [0.1, 0.15) is 6.04 Å². The first-order valence-electron chi connectivity index (χ1n) is 7.83. The van der Waals surface area contributed by atoms with Crippen LogP contribution in [-0.4, -0.2) is 28.8 Å². The fraction of sp³-hybridized carbons (Fsp3) is 0.529. The van der Waals surface area contributed by atoms with E-state index in [0.29, 0.717) is 29.4 Å². The van der Waals surface area contributed by atoms with Crippen LogP contribution in [0, 0.1) is 0 Å². The van der Waals surface area contributed by atoms with E-state index in [-0.39, 0.29) is 17.9 Å². The van der Waals surface area contributed by atoms with E-state index in [1.807, 2.05) is 26.8 Å². The number of nitrogens with one attached hydrogen (secondary N) is 1. The van der Waals surface area contributed by atoms with Crippen molar-refractivity contribution < 1.29 is 9.59 Å². The molecule has 1 aromatic rings. The van der Waals surface area contributed by atoms with Gasteiger partial charge < -0.3 is 10.2 Å². The van der Waals surface area contributed by atoms with Crippen LogP contribution in [0.25, 0.3) is 0 Å². The smallest absolute Gasteiger partial charge is 0.243 e. The summed E-state index contributed by atoms with van der Waals surface area (Å²) in [7, 11) is 0. The van der Waals surface area contributed by atoms with Crippen molar-refractivity contribution in [2.75, 3.05) is 0 Å². The lowest BCUT2D eigenvalue weighted by atomic mass is 10.1. The van der Waals surface area contributed by atoms with Gasteiger partial charge >= 0.3 is 0 Å². The normalized spacial score (nSPS) is 12.1. The lowest BCUT2D eigenvalue weighted by molar-refractivity contribution is -0.141. The molecule has 1 N–H and O–H groups in total. The number of amides is 2. The Balaban J connectivity index is 3.04. The van der Waals surface area contributed by atoms with Crippen LogP contribution in [-0.2, 0) is 16.1 Å². The van der Waals surface area contributed by atoms with Gasteiger partial charge in [-0.2, -0.15) is 0 Å². The van der Waals surface area contributed by atoms with Gasteiger partial charge in [0, 0.05) is 19.0 Å². The molecule has 0 aromatic heterocycles. The minimum Gasteiger partial charge on any atom is -0.352 e. The van der Waals surface area contributed by atoms with Gasteiger partial charge in [0.2, 0.25) is 11.8 Å². The third-order valence-corrected chi connectivity index (χ3v) is 4.20. The maximum Gasteiger partial charge on any atom is 0.243 e. The molecule has 0 saturated carbocycles. The quantitative estimate of drug-likeness (QED) is 0.799. The van der Waals surface area contributed by atoms with E-state index in [2.05, 4.69) is 5.32 Å². The lowest BCUT2D eigenvalue weighted by Gasteiger charge is -2.31. The molecule has 0 aliphatic carbocycles. The van der Waals surface area contributed by atoms with Crippen LogP contribution in [0.1, 0.15) is 46.1 Å². The van der Waals surface area contributed by atoms with Gasteiger partial charge in [-0.25, -0.2) is 0 Å². The van der Waals surface area contributed by atoms with Gasteiger partial charge in [-0.3, -0.25) is 9.59 Å². The first-order valence-corrected chi connectivity index (χ1v) is 8.59. The molecule has 0 aliphatic heterocycles. The fourth-order valence-corrected chi connectivity index (χ4v) is 2.66. The molecule has 1 aromatic carbocycles. The van der Waals surface area contributed by atoms with Crippen molar-refractivity contribution in [2.45, 2.75) is 59.2 Å². The molecule has 0 unspecified atom stereocenters. The monoisotopic (exact) mass is 358 g/mol. The van der Waals surface area contributed by atoms with Gasteiger partial charge in [-0.1, -0.05) is 43.1 Å². The largest absolute Gasteiger partial charge is 0.352 e. The summed E-state index contributed by atoms with van der Waals surface area (Å²) in [5.41, 5.74) is 0.844. The van der Waals surface area contributed by atoms with Crippen LogP contribution in [0.5, 0.6) is 0 Å².